The number of alkyl halides is 1. The van der Waals surface area contributed by atoms with Gasteiger partial charge in [0.15, 0.2) is 5.82 Å². The molecule has 2 aromatic carbocycles. The number of benzene rings is 2. The van der Waals surface area contributed by atoms with E-state index in [1.54, 1.807) is 13.0 Å². The van der Waals surface area contributed by atoms with Gasteiger partial charge in [-0.1, -0.05) is 6.07 Å². The standard InChI is InChI=1S/C33H31F3N8O3S/c1-16-10-19-25(24(36)22(16)18-4-5-21(35)26-23(18)20(12-37)27(38)48-26)39-31(47-15-32-6-2-9-44(32)13-17(34)11-32)40-28(19)43-8-3-7-33(14-43)29(45)41-30(46)42-33/h4-5,10,17H,2-3,6-9,11,13-15,38H2,1H3,(H2,41,42,45,46)/t17-,32+,33-/m1/s1. The molecule has 11 nitrogen and oxygen atoms in total. The van der Waals surface area contributed by atoms with Crippen LogP contribution in [0.2, 0.25) is 0 Å². The molecule has 0 radical (unpaired) electrons. The van der Waals surface area contributed by atoms with Crippen molar-refractivity contribution in [2.45, 2.75) is 56.3 Å². The number of hydrogen-bond acceptors (Lipinski definition) is 10. The third-order valence-electron chi connectivity index (χ3n) is 10.3. The van der Waals surface area contributed by atoms with Crippen molar-refractivity contribution in [3.8, 4) is 23.2 Å². The van der Waals surface area contributed by atoms with Crippen LogP contribution in [0, 0.1) is 29.9 Å². The summed E-state index contributed by atoms with van der Waals surface area (Å²) in [6.45, 7) is 3.44. The number of carbonyl (C=O) groups excluding carboxylic acids is 2. The number of nitrogen functional groups attached to an aromatic ring is 1. The quantitative estimate of drug-likeness (QED) is 0.256. The van der Waals surface area contributed by atoms with E-state index in [1.807, 2.05) is 11.0 Å². The predicted molar refractivity (Wildman–Crippen MR) is 174 cm³/mol. The molecule has 48 heavy (non-hydrogen) atoms. The van der Waals surface area contributed by atoms with Crippen molar-refractivity contribution in [2.75, 3.05) is 43.4 Å². The highest BCUT2D eigenvalue weighted by Gasteiger charge is 2.50. The van der Waals surface area contributed by atoms with Gasteiger partial charge in [0.1, 0.15) is 46.5 Å². The lowest BCUT2D eigenvalue weighted by atomic mass is 9.89. The van der Waals surface area contributed by atoms with Gasteiger partial charge in [-0.25, -0.2) is 18.0 Å². The maximum Gasteiger partial charge on any atom is 0.322 e. The number of imide groups is 1. The van der Waals surface area contributed by atoms with Gasteiger partial charge in [0.05, 0.1) is 22.3 Å². The van der Waals surface area contributed by atoms with Gasteiger partial charge in [-0.05, 0) is 62.4 Å². The number of halogens is 3. The van der Waals surface area contributed by atoms with Crippen LogP contribution >= 0.6 is 11.3 Å². The zero-order chi connectivity index (χ0) is 33.5. The van der Waals surface area contributed by atoms with Crippen LogP contribution in [-0.2, 0) is 4.79 Å². The van der Waals surface area contributed by atoms with Crippen LogP contribution in [0.4, 0.5) is 28.8 Å². The fourth-order valence-electron chi connectivity index (χ4n) is 8.16. The summed E-state index contributed by atoms with van der Waals surface area (Å²) in [7, 11) is 0. The first kappa shape index (κ1) is 30.6. The average Bonchev–Trinajstić information content (AvgIpc) is 3.76. The average molecular weight is 677 g/mol. The van der Waals surface area contributed by atoms with Gasteiger partial charge in [-0.15, -0.1) is 11.3 Å². The number of ether oxygens (including phenoxy) is 1. The maximum atomic E-state index is 17.1. The smallest absolute Gasteiger partial charge is 0.322 e. The number of nitrogens with zero attached hydrogens (tertiary/aromatic N) is 5. The van der Waals surface area contributed by atoms with E-state index in [0.29, 0.717) is 49.1 Å². The number of aryl methyl sites for hydroxylation is 1. The Bertz CT molecular complexity index is 2100. The van der Waals surface area contributed by atoms with Crippen molar-refractivity contribution in [1.82, 2.24) is 25.5 Å². The summed E-state index contributed by atoms with van der Waals surface area (Å²) >= 11 is 0.925. The molecule has 0 unspecified atom stereocenters. The zero-order valence-corrected chi connectivity index (χ0v) is 26.8. The van der Waals surface area contributed by atoms with Gasteiger partial charge < -0.3 is 20.7 Å². The maximum absolute atomic E-state index is 17.1. The van der Waals surface area contributed by atoms with E-state index in [1.165, 1.54) is 12.1 Å². The second-order valence-corrected chi connectivity index (χ2v) is 14.3. The van der Waals surface area contributed by atoms with E-state index < -0.39 is 40.8 Å². The normalized spacial score (nSPS) is 25.6. The Kier molecular flexibility index (Phi) is 6.97. The Morgan fingerprint density at radius 2 is 2.02 bits per heavy atom. The molecule has 2 aromatic heterocycles. The number of hydrogen-bond donors (Lipinski definition) is 3. The minimum Gasteiger partial charge on any atom is -0.461 e. The van der Waals surface area contributed by atoms with Gasteiger partial charge in [0.25, 0.3) is 5.91 Å². The molecule has 4 fully saturated rings. The number of amides is 3. The highest BCUT2D eigenvalue weighted by molar-refractivity contribution is 7.23. The van der Waals surface area contributed by atoms with Crippen molar-refractivity contribution in [3.63, 3.8) is 0 Å². The summed E-state index contributed by atoms with van der Waals surface area (Å²) in [5, 5.41) is 15.7. The minimum atomic E-state index is -1.18. The minimum absolute atomic E-state index is 0.0643. The number of nitrogens with one attached hydrogen (secondary N) is 2. The van der Waals surface area contributed by atoms with Crippen LogP contribution in [0.1, 0.15) is 43.2 Å². The van der Waals surface area contributed by atoms with Gasteiger partial charge in [-0.3, -0.25) is 15.0 Å². The van der Waals surface area contributed by atoms with Crippen molar-refractivity contribution in [1.29, 1.82) is 5.26 Å². The van der Waals surface area contributed by atoms with E-state index in [9.17, 15) is 23.6 Å². The zero-order valence-electron chi connectivity index (χ0n) is 26.0. The highest BCUT2D eigenvalue weighted by Crippen LogP contribution is 2.45. The van der Waals surface area contributed by atoms with Crippen LogP contribution in [0.5, 0.6) is 6.01 Å². The lowest BCUT2D eigenvalue weighted by Gasteiger charge is -2.39. The van der Waals surface area contributed by atoms with Crippen molar-refractivity contribution in [3.05, 3.63) is 41.0 Å². The molecule has 0 bridgehead atoms. The first-order valence-electron chi connectivity index (χ1n) is 15.8. The molecule has 4 aliphatic heterocycles. The van der Waals surface area contributed by atoms with Gasteiger partial charge in [0, 0.05) is 35.8 Å². The molecule has 8 rings (SSSR count). The number of piperidine rings is 1. The molecule has 4 saturated heterocycles. The van der Waals surface area contributed by atoms with Crippen molar-refractivity contribution in [2.24, 2.45) is 0 Å². The second-order valence-electron chi connectivity index (χ2n) is 13.2. The number of aromatic nitrogens is 2. The summed E-state index contributed by atoms with van der Waals surface area (Å²) in [4.78, 5) is 38.3. The van der Waals surface area contributed by atoms with E-state index in [0.717, 1.165) is 30.7 Å². The molecule has 0 aliphatic carbocycles. The monoisotopic (exact) mass is 676 g/mol. The number of fused-ring (bicyclic) bond motifs is 3. The molecular formula is C33H31F3N8O3S. The summed E-state index contributed by atoms with van der Waals surface area (Å²) in [5.41, 5.74) is 5.25. The molecule has 15 heteroatoms. The lowest BCUT2D eigenvalue weighted by molar-refractivity contribution is -0.124. The Balaban J connectivity index is 1.29. The summed E-state index contributed by atoms with van der Waals surface area (Å²) in [5.74, 6) is -1.43. The van der Waals surface area contributed by atoms with Crippen LogP contribution in [0.3, 0.4) is 0 Å². The molecule has 0 saturated carbocycles. The lowest BCUT2D eigenvalue weighted by Crippen LogP contribution is -2.58. The first-order chi connectivity index (χ1) is 23.0. The molecule has 3 atom stereocenters. The predicted octanol–water partition coefficient (Wildman–Crippen LogP) is 4.69. The van der Waals surface area contributed by atoms with Crippen molar-refractivity contribution < 1.29 is 27.5 Å². The summed E-state index contributed by atoms with van der Waals surface area (Å²) in [6, 6.07) is 5.72. The molecule has 1 spiro atoms. The Hall–Kier alpha value is -4.68. The number of urea groups is 1. The SMILES string of the molecule is Cc1cc2c(N3CCC[C@]4(C3)NC(=O)NC4=O)nc(OC[C@@]34CCCN3C[C@H](F)C4)nc2c(F)c1-c1ccc(F)c2sc(N)c(C#N)c12. The number of nitriles is 1. The number of nitrogens with two attached hydrogens (primary N) is 1. The Labute approximate surface area is 276 Å². The third-order valence-corrected chi connectivity index (χ3v) is 11.4. The molecule has 4 aliphatic rings. The first-order valence-corrected chi connectivity index (χ1v) is 16.7. The van der Waals surface area contributed by atoms with E-state index >= 15 is 4.39 Å². The number of carbonyl (C=O) groups is 2. The Morgan fingerprint density at radius 1 is 1.21 bits per heavy atom. The van der Waals surface area contributed by atoms with E-state index in [2.05, 4.69) is 20.5 Å². The summed E-state index contributed by atoms with van der Waals surface area (Å²) < 4.78 is 52.9. The number of thiophene rings is 1. The van der Waals surface area contributed by atoms with Gasteiger partial charge in [-0.2, -0.15) is 15.2 Å². The van der Waals surface area contributed by atoms with Gasteiger partial charge in [0.2, 0.25) is 0 Å². The highest BCUT2D eigenvalue weighted by atomic mass is 32.1. The molecule has 6 heterocycles. The van der Waals surface area contributed by atoms with Crippen LogP contribution in [-0.4, -0.2) is 76.8 Å². The van der Waals surface area contributed by atoms with Crippen LogP contribution < -0.4 is 26.0 Å². The second kappa shape index (κ2) is 10.9. The Morgan fingerprint density at radius 3 is 2.79 bits per heavy atom. The fraction of sp³-hybridized carbons (Fsp3) is 0.424. The third kappa shape index (κ3) is 4.56. The molecule has 3 amide bonds. The summed E-state index contributed by atoms with van der Waals surface area (Å²) in [6.07, 6.45) is 1.96. The molecule has 4 N–H and O–H groups in total. The number of anilines is 2. The van der Waals surface area contributed by atoms with E-state index in [-0.39, 0.29) is 56.5 Å². The van der Waals surface area contributed by atoms with Gasteiger partial charge >= 0.3 is 12.0 Å². The fourth-order valence-corrected chi connectivity index (χ4v) is 9.11. The molecular weight excluding hydrogens is 645 g/mol. The topological polar surface area (TPSA) is 150 Å². The van der Waals surface area contributed by atoms with E-state index in [4.69, 9.17) is 15.5 Å². The van der Waals surface area contributed by atoms with Crippen LogP contribution in [0.15, 0.2) is 18.2 Å². The molecule has 248 valence electrons. The van der Waals surface area contributed by atoms with Crippen LogP contribution in [0.25, 0.3) is 32.1 Å². The molecule has 4 aromatic rings. The largest absolute Gasteiger partial charge is 0.461 e. The van der Waals surface area contributed by atoms with Crippen molar-refractivity contribution >= 4 is 55.1 Å². The number of rotatable bonds is 5.